The first kappa shape index (κ1) is 12.9. The molecule has 0 aromatic rings. The highest BCUT2D eigenvalue weighted by molar-refractivity contribution is 5.88. The number of hydrogen-bond donors (Lipinski definition) is 1. The first-order valence-electron chi connectivity index (χ1n) is 7.59. The maximum absolute atomic E-state index is 12.6. The minimum absolute atomic E-state index is 0.0220. The molecule has 4 heteroatoms. The number of nitrogens with one attached hydrogen (secondary N) is 1. The van der Waals surface area contributed by atoms with Gasteiger partial charge in [-0.05, 0) is 38.0 Å². The van der Waals surface area contributed by atoms with Gasteiger partial charge in [0.2, 0.25) is 11.8 Å². The Balaban J connectivity index is 1.53. The van der Waals surface area contributed by atoms with E-state index in [-0.39, 0.29) is 16.9 Å². The summed E-state index contributed by atoms with van der Waals surface area (Å²) in [6.07, 6.45) is 5.43. The third-order valence-electron chi connectivity index (χ3n) is 5.28. The quantitative estimate of drug-likeness (QED) is 0.843. The number of rotatable bonds is 3. The molecular weight excluding hydrogens is 240 g/mol. The molecule has 0 atom stereocenters. The molecule has 1 saturated heterocycles. The topological polar surface area (TPSA) is 49.4 Å². The second-order valence-corrected chi connectivity index (χ2v) is 6.97. The molecule has 1 aliphatic heterocycles. The lowest BCUT2D eigenvalue weighted by Crippen LogP contribution is -2.78. The second kappa shape index (κ2) is 4.22. The second-order valence-electron chi connectivity index (χ2n) is 6.97. The van der Waals surface area contributed by atoms with Crippen LogP contribution in [0.15, 0.2) is 0 Å². The molecule has 0 spiro atoms. The van der Waals surface area contributed by atoms with Gasteiger partial charge in [0.1, 0.15) is 0 Å². The third-order valence-corrected chi connectivity index (χ3v) is 5.28. The van der Waals surface area contributed by atoms with Crippen LogP contribution < -0.4 is 5.32 Å². The molecule has 4 nitrogen and oxygen atoms in total. The summed E-state index contributed by atoms with van der Waals surface area (Å²) < 4.78 is 0. The summed E-state index contributed by atoms with van der Waals surface area (Å²) in [5.74, 6) is 1.23. The van der Waals surface area contributed by atoms with Crippen LogP contribution in [0.1, 0.15) is 52.4 Å². The van der Waals surface area contributed by atoms with Crippen molar-refractivity contribution in [3.63, 3.8) is 0 Å². The largest absolute Gasteiger partial charge is 0.351 e. The van der Waals surface area contributed by atoms with Gasteiger partial charge in [0.15, 0.2) is 0 Å². The maximum Gasteiger partial charge on any atom is 0.229 e. The highest BCUT2D eigenvalue weighted by Crippen LogP contribution is 2.68. The number of carbonyl (C=O) groups is 2. The van der Waals surface area contributed by atoms with Crippen molar-refractivity contribution in [2.75, 3.05) is 13.1 Å². The van der Waals surface area contributed by atoms with Crippen molar-refractivity contribution in [3.05, 3.63) is 0 Å². The van der Waals surface area contributed by atoms with Gasteiger partial charge in [-0.25, -0.2) is 0 Å². The van der Waals surface area contributed by atoms with Gasteiger partial charge in [-0.2, -0.15) is 0 Å². The van der Waals surface area contributed by atoms with Crippen LogP contribution in [0.3, 0.4) is 0 Å². The predicted molar refractivity (Wildman–Crippen MR) is 72.4 cm³/mol. The van der Waals surface area contributed by atoms with E-state index in [1.54, 1.807) is 0 Å². The summed E-state index contributed by atoms with van der Waals surface area (Å²) in [5.41, 5.74) is -0.132. The fourth-order valence-corrected chi connectivity index (χ4v) is 4.08. The molecule has 2 amide bonds. The molecule has 4 rings (SSSR count). The van der Waals surface area contributed by atoms with Crippen molar-refractivity contribution >= 4 is 11.8 Å². The molecule has 106 valence electrons. The molecule has 1 heterocycles. The fraction of sp³-hybridized carbons (Fsp3) is 0.867. The van der Waals surface area contributed by atoms with Gasteiger partial charge in [0.05, 0.1) is 5.41 Å². The van der Waals surface area contributed by atoms with E-state index in [1.165, 1.54) is 0 Å². The smallest absolute Gasteiger partial charge is 0.229 e. The zero-order chi connectivity index (χ0) is 13.7. The molecule has 1 N–H and O–H groups in total. The van der Waals surface area contributed by atoms with E-state index >= 15 is 0 Å². The van der Waals surface area contributed by atoms with E-state index in [0.29, 0.717) is 12.3 Å². The first-order chi connectivity index (χ1) is 8.99. The van der Waals surface area contributed by atoms with Gasteiger partial charge in [-0.1, -0.05) is 13.8 Å². The van der Waals surface area contributed by atoms with Gasteiger partial charge >= 0.3 is 0 Å². The zero-order valence-electron chi connectivity index (χ0n) is 12.0. The molecule has 0 unspecified atom stereocenters. The van der Waals surface area contributed by atoms with Crippen molar-refractivity contribution in [3.8, 4) is 0 Å². The molecule has 0 aromatic heterocycles. The molecule has 4 aliphatic rings. The summed E-state index contributed by atoms with van der Waals surface area (Å²) in [4.78, 5) is 26.1. The fourth-order valence-electron chi connectivity index (χ4n) is 4.08. The molecule has 19 heavy (non-hydrogen) atoms. The van der Waals surface area contributed by atoms with Crippen LogP contribution in [0.5, 0.6) is 0 Å². The summed E-state index contributed by atoms with van der Waals surface area (Å²) in [5, 5.41) is 3.09. The van der Waals surface area contributed by atoms with E-state index in [1.807, 2.05) is 6.92 Å². The summed E-state index contributed by atoms with van der Waals surface area (Å²) in [6, 6.07) is 0. The van der Waals surface area contributed by atoms with Crippen LogP contribution in [0.4, 0.5) is 0 Å². The van der Waals surface area contributed by atoms with E-state index in [0.717, 1.165) is 51.1 Å². The monoisotopic (exact) mass is 264 g/mol. The van der Waals surface area contributed by atoms with E-state index in [9.17, 15) is 9.59 Å². The number of nitrogens with zero attached hydrogens (tertiary/aromatic N) is 1. The van der Waals surface area contributed by atoms with E-state index in [4.69, 9.17) is 0 Å². The molecule has 0 radical (unpaired) electrons. The standard InChI is InChI=1S/C15H24N2O2/c1-3-12(18)16-15-8-14(9-15,10-15)13(19)17-6-4-11(2)5-7-17/h11H,3-10H2,1-2H3,(H,16,18). The minimum atomic E-state index is -0.110. The minimum Gasteiger partial charge on any atom is -0.351 e. The Kier molecular flexibility index (Phi) is 2.88. The number of carbonyl (C=O) groups excluding carboxylic acids is 2. The van der Waals surface area contributed by atoms with Crippen LogP contribution in [0.25, 0.3) is 0 Å². The third kappa shape index (κ3) is 1.96. The van der Waals surface area contributed by atoms with Gasteiger partial charge in [-0.15, -0.1) is 0 Å². The van der Waals surface area contributed by atoms with Crippen molar-refractivity contribution in [1.29, 1.82) is 0 Å². The maximum atomic E-state index is 12.6. The summed E-state index contributed by atoms with van der Waals surface area (Å²) in [6.45, 7) is 5.99. The van der Waals surface area contributed by atoms with Crippen LogP contribution in [0.2, 0.25) is 0 Å². The van der Waals surface area contributed by atoms with E-state index in [2.05, 4.69) is 17.1 Å². The highest BCUT2D eigenvalue weighted by Gasteiger charge is 2.72. The lowest BCUT2D eigenvalue weighted by Gasteiger charge is -2.70. The molecule has 4 fully saturated rings. The Morgan fingerprint density at radius 2 is 1.79 bits per heavy atom. The average molecular weight is 264 g/mol. The molecule has 3 saturated carbocycles. The van der Waals surface area contributed by atoms with Crippen LogP contribution in [-0.2, 0) is 9.59 Å². The van der Waals surface area contributed by atoms with Gasteiger partial charge in [-0.3, -0.25) is 9.59 Å². The van der Waals surface area contributed by atoms with Crippen LogP contribution in [0, 0.1) is 11.3 Å². The Hall–Kier alpha value is -1.06. The Morgan fingerprint density at radius 3 is 2.32 bits per heavy atom. The number of piperidine rings is 1. The highest BCUT2D eigenvalue weighted by atomic mass is 16.2. The first-order valence-corrected chi connectivity index (χ1v) is 7.59. The van der Waals surface area contributed by atoms with Crippen LogP contribution in [-0.4, -0.2) is 35.3 Å². The van der Waals surface area contributed by atoms with Crippen molar-refractivity contribution in [2.24, 2.45) is 11.3 Å². The Morgan fingerprint density at radius 1 is 1.21 bits per heavy atom. The van der Waals surface area contributed by atoms with Gasteiger partial charge < -0.3 is 10.2 Å². The van der Waals surface area contributed by atoms with Crippen LogP contribution >= 0.6 is 0 Å². The lowest BCUT2D eigenvalue weighted by molar-refractivity contribution is -0.194. The van der Waals surface area contributed by atoms with Gasteiger partial charge in [0.25, 0.3) is 0 Å². The normalized spacial score (nSPS) is 37.3. The zero-order valence-corrected chi connectivity index (χ0v) is 12.0. The molecule has 2 bridgehead atoms. The Labute approximate surface area is 114 Å². The van der Waals surface area contributed by atoms with Crippen molar-refractivity contribution in [2.45, 2.75) is 57.9 Å². The summed E-state index contributed by atoms with van der Waals surface area (Å²) in [7, 11) is 0. The SMILES string of the molecule is CCC(=O)NC12CC(C(=O)N3CCC(C)CC3)(C1)C2. The Bertz CT molecular complexity index is 391. The number of hydrogen-bond acceptors (Lipinski definition) is 2. The molecule has 0 aromatic carbocycles. The van der Waals surface area contributed by atoms with Gasteiger partial charge in [0, 0.05) is 25.0 Å². The van der Waals surface area contributed by atoms with E-state index < -0.39 is 0 Å². The lowest BCUT2D eigenvalue weighted by atomic mass is 9.39. The molecule has 3 aliphatic carbocycles. The van der Waals surface area contributed by atoms with Crippen molar-refractivity contribution < 1.29 is 9.59 Å². The predicted octanol–water partition coefficient (Wildman–Crippen LogP) is 1.69. The average Bonchev–Trinajstić information content (AvgIpc) is 2.31. The summed E-state index contributed by atoms with van der Waals surface area (Å²) >= 11 is 0. The number of amides is 2. The number of likely N-dealkylation sites (tertiary alicyclic amines) is 1. The van der Waals surface area contributed by atoms with Crippen molar-refractivity contribution in [1.82, 2.24) is 10.2 Å². The molecular formula is C15H24N2O2.